The zero-order valence-corrected chi connectivity index (χ0v) is 21.4. The van der Waals surface area contributed by atoms with Gasteiger partial charge in [-0.25, -0.2) is 4.39 Å². The zero-order chi connectivity index (χ0) is 26.5. The predicted molar refractivity (Wildman–Crippen MR) is 146 cm³/mol. The quantitative estimate of drug-likeness (QED) is 0.364. The molecule has 5 rings (SSSR count). The van der Waals surface area contributed by atoms with E-state index in [2.05, 4.69) is 15.5 Å². The summed E-state index contributed by atoms with van der Waals surface area (Å²) in [5, 5.41) is 6.73. The third kappa shape index (κ3) is 5.93. The second-order valence-corrected chi connectivity index (χ2v) is 9.51. The number of fused-ring (bicyclic) bond motifs is 1. The molecule has 0 saturated carbocycles. The first-order valence-electron chi connectivity index (χ1n) is 12.8. The van der Waals surface area contributed by atoms with Crippen molar-refractivity contribution in [2.24, 2.45) is 0 Å². The van der Waals surface area contributed by atoms with Crippen molar-refractivity contribution < 1.29 is 18.7 Å². The number of benzene rings is 3. The van der Waals surface area contributed by atoms with Gasteiger partial charge < -0.3 is 19.9 Å². The number of morpholine rings is 1. The average Bonchev–Trinajstić information content (AvgIpc) is 3.28. The molecular formula is C30H31FN4O3. The summed E-state index contributed by atoms with van der Waals surface area (Å²) in [5.41, 5.74) is 3.96. The Hall–Kier alpha value is -4.01. The van der Waals surface area contributed by atoms with E-state index in [4.69, 9.17) is 4.74 Å². The lowest BCUT2D eigenvalue weighted by Crippen LogP contribution is -2.41. The summed E-state index contributed by atoms with van der Waals surface area (Å²) < 4.78 is 21.7. The van der Waals surface area contributed by atoms with E-state index >= 15 is 0 Å². The van der Waals surface area contributed by atoms with E-state index in [1.165, 1.54) is 6.07 Å². The molecule has 2 amide bonds. The number of carbonyl (C=O) groups excluding carboxylic acids is 2. The molecule has 8 heteroatoms. The number of rotatable bonds is 8. The van der Waals surface area contributed by atoms with E-state index < -0.39 is 0 Å². The van der Waals surface area contributed by atoms with E-state index in [1.54, 1.807) is 42.5 Å². The van der Waals surface area contributed by atoms with Gasteiger partial charge in [0.05, 0.1) is 19.8 Å². The van der Waals surface area contributed by atoms with Crippen molar-refractivity contribution in [1.29, 1.82) is 0 Å². The van der Waals surface area contributed by atoms with Crippen molar-refractivity contribution in [2.75, 3.05) is 44.7 Å². The maximum Gasteiger partial charge on any atom is 0.267 e. The Morgan fingerprint density at radius 2 is 1.71 bits per heavy atom. The number of carbonyl (C=O) groups is 2. The molecule has 7 nitrogen and oxygen atoms in total. The number of anilines is 1. The van der Waals surface area contributed by atoms with Crippen molar-refractivity contribution in [1.82, 2.24) is 14.8 Å². The molecule has 0 atom stereocenters. The second kappa shape index (κ2) is 11.6. The predicted octanol–water partition coefficient (Wildman–Crippen LogP) is 4.45. The second-order valence-electron chi connectivity index (χ2n) is 9.51. The van der Waals surface area contributed by atoms with E-state index in [0.29, 0.717) is 42.3 Å². The van der Waals surface area contributed by atoms with E-state index in [9.17, 15) is 14.0 Å². The third-order valence-corrected chi connectivity index (χ3v) is 6.81. The molecule has 0 aliphatic carbocycles. The number of aromatic nitrogens is 1. The number of ether oxygens (including phenoxy) is 1. The number of halogens is 1. The molecule has 1 aromatic heterocycles. The van der Waals surface area contributed by atoms with Gasteiger partial charge in [-0.15, -0.1) is 0 Å². The van der Waals surface area contributed by atoms with Gasteiger partial charge in [-0.05, 0) is 49.4 Å². The van der Waals surface area contributed by atoms with Crippen LogP contribution in [0.3, 0.4) is 0 Å². The van der Waals surface area contributed by atoms with Crippen LogP contribution >= 0.6 is 0 Å². The fraction of sp³-hybridized carbons (Fsp3) is 0.267. The normalized spacial score (nSPS) is 13.9. The summed E-state index contributed by atoms with van der Waals surface area (Å²) in [5.74, 6) is -0.762. The number of aryl methyl sites for hydroxylation is 1. The average molecular weight is 515 g/mol. The van der Waals surface area contributed by atoms with Gasteiger partial charge in [-0.2, -0.15) is 0 Å². The molecule has 4 aromatic rings. The van der Waals surface area contributed by atoms with Gasteiger partial charge in [0, 0.05) is 53.9 Å². The number of nitrogens with zero attached hydrogens (tertiary/aromatic N) is 2. The minimum absolute atomic E-state index is 0.206. The highest BCUT2D eigenvalue weighted by atomic mass is 19.1. The van der Waals surface area contributed by atoms with Gasteiger partial charge in [-0.3, -0.25) is 14.5 Å². The summed E-state index contributed by atoms with van der Waals surface area (Å²) >= 11 is 0. The van der Waals surface area contributed by atoms with Crippen LogP contribution in [-0.2, 0) is 11.3 Å². The Balaban J connectivity index is 1.40. The van der Waals surface area contributed by atoms with Crippen LogP contribution in [0.1, 0.15) is 32.0 Å². The molecule has 1 fully saturated rings. The SMILES string of the molecule is Cc1ccc(C(=O)Nc2ccc3c(c2)cc(C(=O)NCCN2CCOCC2)n3Cc2ccccc2F)cc1. The molecule has 0 unspecified atom stereocenters. The van der Waals surface area contributed by atoms with Crippen molar-refractivity contribution in [3.05, 3.63) is 101 Å². The van der Waals surface area contributed by atoms with Crippen LogP contribution in [0.25, 0.3) is 10.9 Å². The summed E-state index contributed by atoms with van der Waals surface area (Å²) in [6, 6.07) is 21.2. The molecule has 1 saturated heterocycles. The van der Waals surface area contributed by atoms with Crippen molar-refractivity contribution in [3.63, 3.8) is 0 Å². The van der Waals surface area contributed by atoms with Gasteiger partial charge in [0.25, 0.3) is 11.8 Å². The maximum absolute atomic E-state index is 14.5. The summed E-state index contributed by atoms with van der Waals surface area (Å²) in [6.45, 7) is 6.51. The smallest absolute Gasteiger partial charge is 0.267 e. The van der Waals surface area contributed by atoms with Crippen molar-refractivity contribution >= 4 is 28.4 Å². The lowest BCUT2D eigenvalue weighted by Gasteiger charge is -2.26. The van der Waals surface area contributed by atoms with Gasteiger partial charge in [0.1, 0.15) is 11.5 Å². The molecule has 38 heavy (non-hydrogen) atoms. The number of hydrogen-bond acceptors (Lipinski definition) is 4. The van der Waals surface area contributed by atoms with Crippen molar-refractivity contribution in [2.45, 2.75) is 13.5 Å². The first-order valence-corrected chi connectivity index (χ1v) is 12.8. The molecule has 1 aliphatic rings. The van der Waals surface area contributed by atoms with Gasteiger partial charge in [0.2, 0.25) is 0 Å². The van der Waals surface area contributed by atoms with E-state index in [-0.39, 0.29) is 24.2 Å². The fourth-order valence-electron chi connectivity index (χ4n) is 4.66. The number of nitrogens with one attached hydrogen (secondary N) is 2. The summed E-state index contributed by atoms with van der Waals surface area (Å²) in [7, 11) is 0. The van der Waals surface area contributed by atoms with Crippen LogP contribution in [0.15, 0.2) is 72.8 Å². The summed E-state index contributed by atoms with van der Waals surface area (Å²) in [6.07, 6.45) is 0. The lowest BCUT2D eigenvalue weighted by molar-refractivity contribution is 0.0383. The van der Waals surface area contributed by atoms with E-state index in [0.717, 1.165) is 36.1 Å². The Morgan fingerprint density at radius 1 is 0.947 bits per heavy atom. The third-order valence-electron chi connectivity index (χ3n) is 6.81. The van der Waals surface area contributed by atoms with Gasteiger partial charge in [-0.1, -0.05) is 35.9 Å². The Kier molecular flexibility index (Phi) is 7.81. The molecule has 1 aliphatic heterocycles. The van der Waals surface area contributed by atoms with Crippen LogP contribution in [-0.4, -0.2) is 60.7 Å². The maximum atomic E-state index is 14.5. The number of amides is 2. The molecule has 2 heterocycles. The molecule has 0 spiro atoms. The minimum Gasteiger partial charge on any atom is -0.379 e. The fourth-order valence-corrected chi connectivity index (χ4v) is 4.66. The van der Waals surface area contributed by atoms with Crippen LogP contribution in [0.5, 0.6) is 0 Å². The van der Waals surface area contributed by atoms with Crippen LogP contribution in [0, 0.1) is 12.7 Å². The van der Waals surface area contributed by atoms with Crippen LogP contribution in [0.2, 0.25) is 0 Å². The lowest BCUT2D eigenvalue weighted by atomic mass is 10.1. The van der Waals surface area contributed by atoms with Crippen LogP contribution in [0.4, 0.5) is 10.1 Å². The monoisotopic (exact) mass is 514 g/mol. The molecule has 2 N–H and O–H groups in total. The van der Waals surface area contributed by atoms with Crippen LogP contribution < -0.4 is 10.6 Å². The Bertz CT molecular complexity index is 1440. The molecule has 3 aromatic carbocycles. The minimum atomic E-state index is -0.324. The zero-order valence-electron chi connectivity index (χ0n) is 21.4. The molecule has 0 radical (unpaired) electrons. The largest absolute Gasteiger partial charge is 0.379 e. The molecular weight excluding hydrogens is 483 g/mol. The van der Waals surface area contributed by atoms with E-state index in [1.807, 2.05) is 35.8 Å². The topological polar surface area (TPSA) is 75.6 Å². The van der Waals surface area contributed by atoms with Gasteiger partial charge in [0.15, 0.2) is 0 Å². The highest BCUT2D eigenvalue weighted by Gasteiger charge is 2.18. The molecule has 0 bridgehead atoms. The van der Waals surface area contributed by atoms with Gasteiger partial charge >= 0.3 is 0 Å². The van der Waals surface area contributed by atoms with Crippen molar-refractivity contribution in [3.8, 4) is 0 Å². The first-order chi connectivity index (χ1) is 18.5. The standard InChI is InChI=1S/C30H31FN4O3/c1-21-6-8-22(9-7-21)29(36)33-25-10-11-27-24(18-25)19-28(35(27)20-23-4-2-3-5-26(23)31)30(37)32-12-13-34-14-16-38-17-15-34/h2-11,18-19H,12-17,20H2,1H3,(H,32,37)(H,33,36). The highest BCUT2D eigenvalue weighted by molar-refractivity contribution is 6.06. The Morgan fingerprint density at radius 3 is 2.47 bits per heavy atom. The first kappa shape index (κ1) is 25.6. The highest BCUT2D eigenvalue weighted by Crippen LogP contribution is 2.26. The molecule has 196 valence electrons. The number of hydrogen-bond donors (Lipinski definition) is 2. The Labute approximate surface area is 221 Å². The summed E-state index contributed by atoms with van der Waals surface area (Å²) in [4.78, 5) is 28.3.